The minimum absolute atomic E-state index is 0.162. The molecule has 2 saturated carbocycles. The van der Waals surface area contributed by atoms with Gasteiger partial charge in [-0.15, -0.1) is 0 Å². The number of likely N-dealkylation sites (tertiary alicyclic amines) is 1. The van der Waals surface area contributed by atoms with E-state index in [2.05, 4.69) is 4.90 Å². The quantitative estimate of drug-likeness (QED) is 0.769. The molecule has 84 valence electrons. The number of carbonyl (C=O) groups is 1. The average Bonchev–Trinajstić information content (AvgIpc) is 1.92. The molecule has 1 N–H and O–H groups in total. The van der Waals surface area contributed by atoms with Gasteiger partial charge < -0.3 is 5.11 Å². The lowest BCUT2D eigenvalue weighted by atomic mass is 9.62. The molecule has 1 spiro atoms. The lowest BCUT2D eigenvalue weighted by molar-refractivity contribution is -0.160. The van der Waals surface area contributed by atoms with Gasteiger partial charge >= 0.3 is 5.97 Å². The predicted octanol–water partition coefficient (Wildman–Crippen LogP) is 1.73. The largest absolute Gasteiger partial charge is 0.480 e. The van der Waals surface area contributed by atoms with Crippen molar-refractivity contribution in [1.82, 2.24) is 4.90 Å². The minimum atomic E-state index is -0.589. The second kappa shape index (κ2) is 3.21. The molecule has 3 fully saturated rings. The topological polar surface area (TPSA) is 40.5 Å². The molecule has 15 heavy (non-hydrogen) atoms. The fraction of sp³-hybridized carbons (Fsp3) is 0.917. The third kappa shape index (κ3) is 1.40. The first-order chi connectivity index (χ1) is 7.20. The molecule has 3 aliphatic rings. The second-order valence-electron chi connectivity index (χ2n) is 5.73. The highest BCUT2D eigenvalue weighted by Gasteiger charge is 2.52. The van der Waals surface area contributed by atoms with Gasteiger partial charge in [-0.25, -0.2) is 0 Å². The van der Waals surface area contributed by atoms with Crippen LogP contribution in [0.1, 0.15) is 38.5 Å². The summed E-state index contributed by atoms with van der Waals surface area (Å²) in [5.74, 6) is -0.145. The summed E-state index contributed by atoms with van der Waals surface area (Å²) in [4.78, 5) is 13.5. The monoisotopic (exact) mass is 209 g/mol. The Morgan fingerprint density at radius 1 is 1.27 bits per heavy atom. The zero-order valence-electron chi connectivity index (χ0n) is 9.11. The fourth-order valence-corrected chi connectivity index (χ4v) is 3.42. The standard InChI is InChI=1S/C12H19NO2/c14-11(15)10(9-3-1-4-9)13-7-12(8-13)5-2-6-12/h9-10H,1-8H2,(H,14,15). The van der Waals surface area contributed by atoms with Gasteiger partial charge in [-0.2, -0.15) is 0 Å². The zero-order valence-corrected chi connectivity index (χ0v) is 9.11. The van der Waals surface area contributed by atoms with Gasteiger partial charge in [0.2, 0.25) is 0 Å². The van der Waals surface area contributed by atoms with Crippen LogP contribution < -0.4 is 0 Å². The van der Waals surface area contributed by atoms with Crippen LogP contribution in [0.3, 0.4) is 0 Å². The Balaban J connectivity index is 1.61. The fourth-order valence-electron chi connectivity index (χ4n) is 3.42. The van der Waals surface area contributed by atoms with Crippen molar-refractivity contribution in [3.8, 4) is 0 Å². The normalized spacial score (nSPS) is 31.5. The van der Waals surface area contributed by atoms with Gasteiger partial charge in [0, 0.05) is 13.1 Å². The molecule has 0 amide bonds. The summed E-state index contributed by atoms with van der Waals surface area (Å²) in [7, 11) is 0. The van der Waals surface area contributed by atoms with Gasteiger partial charge in [0.1, 0.15) is 6.04 Å². The van der Waals surface area contributed by atoms with E-state index in [1.54, 1.807) is 0 Å². The van der Waals surface area contributed by atoms with E-state index < -0.39 is 5.97 Å². The molecule has 0 bridgehead atoms. The van der Waals surface area contributed by atoms with E-state index in [-0.39, 0.29) is 6.04 Å². The van der Waals surface area contributed by atoms with Gasteiger partial charge in [-0.1, -0.05) is 12.8 Å². The van der Waals surface area contributed by atoms with Crippen LogP contribution >= 0.6 is 0 Å². The summed E-state index contributed by atoms with van der Waals surface area (Å²) in [6, 6.07) is -0.162. The van der Waals surface area contributed by atoms with E-state index in [0.717, 1.165) is 25.9 Å². The molecule has 0 radical (unpaired) electrons. The van der Waals surface area contributed by atoms with Crippen molar-refractivity contribution < 1.29 is 9.90 Å². The van der Waals surface area contributed by atoms with Crippen molar-refractivity contribution >= 4 is 5.97 Å². The molecule has 1 saturated heterocycles. The highest BCUT2D eigenvalue weighted by molar-refractivity contribution is 5.74. The number of hydrogen-bond donors (Lipinski definition) is 1. The Labute approximate surface area is 90.5 Å². The van der Waals surface area contributed by atoms with Crippen LogP contribution in [0.25, 0.3) is 0 Å². The Morgan fingerprint density at radius 2 is 1.93 bits per heavy atom. The highest BCUT2D eigenvalue weighted by atomic mass is 16.4. The molecule has 0 aromatic rings. The third-order valence-corrected chi connectivity index (χ3v) is 4.73. The molecule has 1 heterocycles. The van der Waals surface area contributed by atoms with Gasteiger partial charge in [-0.3, -0.25) is 9.69 Å². The lowest BCUT2D eigenvalue weighted by Gasteiger charge is -2.59. The summed E-state index contributed by atoms with van der Waals surface area (Å²) >= 11 is 0. The first kappa shape index (κ1) is 9.64. The van der Waals surface area contributed by atoms with Crippen LogP contribution in [0.2, 0.25) is 0 Å². The summed E-state index contributed by atoms with van der Waals surface area (Å²) in [6.45, 7) is 2.11. The van der Waals surface area contributed by atoms with E-state index >= 15 is 0 Å². The van der Waals surface area contributed by atoms with Gasteiger partial charge in [0.25, 0.3) is 0 Å². The number of carboxylic acid groups (broad SMARTS) is 1. The number of nitrogens with zero attached hydrogens (tertiary/aromatic N) is 1. The second-order valence-corrected chi connectivity index (χ2v) is 5.73. The Bertz CT molecular complexity index is 273. The van der Waals surface area contributed by atoms with E-state index in [9.17, 15) is 9.90 Å². The van der Waals surface area contributed by atoms with E-state index in [1.165, 1.54) is 25.7 Å². The summed E-state index contributed by atoms with van der Waals surface area (Å²) in [6.07, 6.45) is 7.50. The van der Waals surface area contributed by atoms with Crippen LogP contribution in [0.15, 0.2) is 0 Å². The maximum atomic E-state index is 11.2. The Morgan fingerprint density at radius 3 is 2.27 bits per heavy atom. The van der Waals surface area contributed by atoms with Gasteiger partial charge in [0.05, 0.1) is 0 Å². The first-order valence-corrected chi connectivity index (χ1v) is 6.17. The van der Waals surface area contributed by atoms with Crippen molar-refractivity contribution in [2.24, 2.45) is 11.3 Å². The van der Waals surface area contributed by atoms with Crippen LogP contribution in [0, 0.1) is 11.3 Å². The average molecular weight is 209 g/mol. The number of carboxylic acids is 1. The molecular weight excluding hydrogens is 190 g/mol. The van der Waals surface area contributed by atoms with Crippen molar-refractivity contribution in [3.63, 3.8) is 0 Å². The molecule has 3 rings (SSSR count). The van der Waals surface area contributed by atoms with Crippen molar-refractivity contribution in [2.75, 3.05) is 13.1 Å². The molecule has 0 aromatic carbocycles. The van der Waals surface area contributed by atoms with Gasteiger partial charge in [-0.05, 0) is 37.0 Å². The van der Waals surface area contributed by atoms with Gasteiger partial charge in [0.15, 0.2) is 0 Å². The highest BCUT2D eigenvalue weighted by Crippen LogP contribution is 2.50. The molecule has 3 heteroatoms. The third-order valence-electron chi connectivity index (χ3n) is 4.73. The van der Waals surface area contributed by atoms with Crippen molar-refractivity contribution in [1.29, 1.82) is 0 Å². The maximum absolute atomic E-state index is 11.2. The van der Waals surface area contributed by atoms with Crippen LogP contribution in [0.4, 0.5) is 0 Å². The smallest absolute Gasteiger partial charge is 0.321 e. The number of aliphatic carboxylic acids is 1. The summed E-state index contributed by atoms with van der Waals surface area (Å²) in [5, 5.41) is 9.26. The minimum Gasteiger partial charge on any atom is -0.480 e. The van der Waals surface area contributed by atoms with Crippen molar-refractivity contribution in [2.45, 2.75) is 44.6 Å². The van der Waals surface area contributed by atoms with E-state index in [0.29, 0.717) is 11.3 Å². The van der Waals surface area contributed by atoms with Crippen molar-refractivity contribution in [3.05, 3.63) is 0 Å². The molecule has 2 aliphatic carbocycles. The molecule has 1 aliphatic heterocycles. The maximum Gasteiger partial charge on any atom is 0.321 e. The van der Waals surface area contributed by atoms with Crippen LogP contribution in [-0.2, 0) is 4.79 Å². The zero-order chi connectivity index (χ0) is 10.5. The summed E-state index contributed by atoms with van der Waals surface area (Å²) < 4.78 is 0. The molecule has 0 aromatic heterocycles. The Kier molecular flexibility index (Phi) is 2.06. The molecule has 1 atom stereocenters. The summed E-state index contributed by atoms with van der Waals surface area (Å²) in [5.41, 5.74) is 0.553. The molecular formula is C12H19NO2. The van der Waals surface area contributed by atoms with E-state index in [1.807, 2.05) is 0 Å². The number of hydrogen-bond acceptors (Lipinski definition) is 2. The number of rotatable bonds is 3. The van der Waals surface area contributed by atoms with Crippen LogP contribution in [-0.4, -0.2) is 35.1 Å². The first-order valence-electron chi connectivity index (χ1n) is 6.17. The lowest BCUT2D eigenvalue weighted by Crippen LogP contribution is -2.66. The van der Waals surface area contributed by atoms with Crippen LogP contribution in [0.5, 0.6) is 0 Å². The van der Waals surface area contributed by atoms with E-state index in [4.69, 9.17) is 0 Å². The molecule has 3 nitrogen and oxygen atoms in total. The SMILES string of the molecule is O=C(O)C(C1CCC1)N1CC2(CCC2)C1. The predicted molar refractivity (Wildman–Crippen MR) is 56.6 cm³/mol. The Hall–Kier alpha value is -0.570. The molecule has 1 unspecified atom stereocenters.